The van der Waals surface area contributed by atoms with Gasteiger partial charge in [-0.2, -0.15) is 14.9 Å². The fraction of sp³-hybridized carbons (Fsp3) is 0.235. The molecule has 0 bridgehead atoms. The van der Waals surface area contributed by atoms with Gasteiger partial charge >= 0.3 is 0 Å². The van der Waals surface area contributed by atoms with Crippen LogP contribution in [0.25, 0.3) is 10.5 Å². The zero-order valence-corrected chi connectivity index (χ0v) is 14.1. The van der Waals surface area contributed by atoms with Gasteiger partial charge in [-0.1, -0.05) is 39.0 Å². The van der Waals surface area contributed by atoms with Crippen LogP contribution in [-0.2, 0) is 5.41 Å². The van der Waals surface area contributed by atoms with E-state index in [4.69, 9.17) is 6.57 Å². The molecule has 8 heteroatoms. The third-order valence-corrected chi connectivity index (χ3v) is 3.52. The van der Waals surface area contributed by atoms with E-state index in [2.05, 4.69) is 30.4 Å². The van der Waals surface area contributed by atoms with Crippen LogP contribution in [0.1, 0.15) is 26.5 Å². The molecule has 8 nitrogen and oxygen atoms in total. The van der Waals surface area contributed by atoms with Gasteiger partial charge in [-0.05, 0) is 12.1 Å². The molecule has 0 atom stereocenters. The lowest BCUT2D eigenvalue weighted by atomic mass is 9.91. The number of rotatable bonds is 3. The summed E-state index contributed by atoms with van der Waals surface area (Å²) in [6.45, 7) is 13.0. The molecule has 2 heterocycles. The van der Waals surface area contributed by atoms with E-state index in [9.17, 15) is 5.11 Å². The molecule has 0 saturated heterocycles. The van der Waals surface area contributed by atoms with Crippen molar-refractivity contribution < 1.29 is 5.11 Å². The lowest BCUT2D eigenvalue weighted by Crippen LogP contribution is -2.13. The fourth-order valence-corrected chi connectivity index (χ4v) is 2.28. The Morgan fingerprint density at radius 1 is 1.20 bits per heavy atom. The lowest BCUT2D eigenvalue weighted by molar-refractivity contribution is 0.434. The number of nitrogens with zero attached hydrogens (tertiary/aromatic N) is 6. The second-order valence-electron chi connectivity index (χ2n) is 6.43. The third kappa shape index (κ3) is 3.12. The highest BCUT2D eigenvalue weighted by molar-refractivity contribution is 5.61. The van der Waals surface area contributed by atoms with Crippen LogP contribution in [0.3, 0.4) is 0 Å². The minimum atomic E-state index is -0.359. The monoisotopic (exact) mass is 335 g/mol. The lowest BCUT2D eigenvalue weighted by Gasteiger charge is -2.15. The Kier molecular flexibility index (Phi) is 4.07. The van der Waals surface area contributed by atoms with E-state index in [1.807, 2.05) is 51.1 Å². The molecule has 3 rings (SSSR count). The fourth-order valence-electron chi connectivity index (χ4n) is 2.28. The number of benzene rings is 1. The van der Waals surface area contributed by atoms with Crippen LogP contribution in [0.5, 0.6) is 5.88 Å². The van der Waals surface area contributed by atoms with Crippen molar-refractivity contribution in [2.45, 2.75) is 26.2 Å². The van der Waals surface area contributed by atoms with Crippen LogP contribution in [0.2, 0.25) is 0 Å². The van der Waals surface area contributed by atoms with Gasteiger partial charge in [0.15, 0.2) is 11.5 Å². The van der Waals surface area contributed by atoms with E-state index in [-0.39, 0.29) is 28.5 Å². The minimum Gasteiger partial charge on any atom is -0.492 e. The van der Waals surface area contributed by atoms with Crippen molar-refractivity contribution in [2.75, 3.05) is 0 Å². The van der Waals surface area contributed by atoms with Gasteiger partial charge in [-0.3, -0.25) is 5.10 Å². The van der Waals surface area contributed by atoms with Crippen LogP contribution in [-0.4, -0.2) is 25.1 Å². The Hall–Kier alpha value is -3.47. The minimum absolute atomic E-state index is 0.108. The van der Waals surface area contributed by atoms with E-state index >= 15 is 0 Å². The van der Waals surface area contributed by atoms with E-state index in [1.54, 1.807) is 0 Å². The van der Waals surface area contributed by atoms with Crippen LogP contribution >= 0.6 is 0 Å². The van der Waals surface area contributed by atoms with Gasteiger partial charge in [-0.15, -0.1) is 10.2 Å². The van der Waals surface area contributed by atoms with Crippen LogP contribution in [0.4, 0.5) is 17.2 Å². The summed E-state index contributed by atoms with van der Waals surface area (Å²) < 4.78 is 1.43. The molecule has 0 radical (unpaired) electrons. The summed E-state index contributed by atoms with van der Waals surface area (Å²) in [7, 11) is 0. The number of H-pyrrole nitrogens is 1. The van der Waals surface area contributed by atoms with Crippen molar-refractivity contribution in [3.05, 3.63) is 53.6 Å². The van der Waals surface area contributed by atoms with Gasteiger partial charge < -0.3 is 5.11 Å². The molecule has 126 valence electrons. The number of aromatic hydroxyl groups is 1. The topological polar surface area (TPSA) is 95.8 Å². The molecule has 0 spiro atoms. The average molecular weight is 335 g/mol. The highest BCUT2D eigenvalue weighted by Gasteiger charge is 2.27. The van der Waals surface area contributed by atoms with Crippen molar-refractivity contribution >= 4 is 17.2 Å². The highest BCUT2D eigenvalue weighted by Crippen LogP contribution is 2.40. The molecule has 0 fully saturated rings. The van der Waals surface area contributed by atoms with Crippen molar-refractivity contribution in [1.29, 1.82) is 0 Å². The van der Waals surface area contributed by atoms with E-state index in [0.29, 0.717) is 5.69 Å². The van der Waals surface area contributed by atoms with Gasteiger partial charge in [-0.25, -0.2) is 4.85 Å². The Morgan fingerprint density at radius 2 is 1.92 bits per heavy atom. The van der Waals surface area contributed by atoms with Crippen molar-refractivity contribution in [1.82, 2.24) is 20.0 Å². The summed E-state index contributed by atoms with van der Waals surface area (Å²) >= 11 is 0. The summed E-state index contributed by atoms with van der Waals surface area (Å²) in [5.41, 5.74) is 1.48. The number of nitrogens with one attached hydrogen (secondary N) is 1. The molecule has 0 unspecified atom stereocenters. The van der Waals surface area contributed by atoms with Crippen molar-refractivity contribution in [3.63, 3.8) is 0 Å². The molecule has 2 aromatic heterocycles. The quantitative estimate of drug-likeness (QED) is 0.542. The Balaban J connectivity index is 2.12. The first-order valence-electron chi connectivity index (χ1n) is 7.62. The molecule has 0 aliphatic rings. The summed E-state index contributed by atoms with van der Waals surface area (Å²) in [5.74, 6) is 0.130. The van der Waals surface area contributed by atoms with E-state index in [1.165, 1.54) is 10.9 Å². The SMILES string of the molecule is [C-]#[N+]c1cn[nH]c1/N=N/c1c(C(C)(C)C)nn(-c2ccccc2)c1O. The van der Waals surface area contributed by atoms with Crippen LogP contribution in [0, 0.1) is 6.57 Å². The molecule has 0 saturated carbocycles. The molecule has 0 aliphatic heterocycles. The Labute approximate surface area is 144 Å². The van der Waals surface area contributed by atoms with Gasteiger partial charge in [0.1, 0.15) is 0 Å². The number of azo groups is 1. The molecule has 2 N–H and O–H groups in total. The first-order chi connectivity index (χ1) is 11.9. The molecular formula is C17H17N7O. The number of aromatic nitrogens is 4. The molecule has 0 aliphatic carbocycles. The number of hydrogen-bond acceptors (Lipinski definition) is 5. The summed E-state index contributed by atoms with van der Waals surface area (Å²) in [5, 5.41) is 29.7. The largest absolute Gasteiger partial charge is 0.492 e. The average Bonchev–Trinajstić information content (AvgIpc) is 3.17. The molecule has 0 amide bonds. The second kappa shape index (κ2) is 6.20. The van der Waals surface area contributed by atoms with Gasteiger partial charge in [0.2, 0.25) is 5.88 Å². The molecule has 1 aromatic carbocycles. The molecule has 25 heavy (non-hydrogen) atoms. The van der Waals surface area contributed by atoms with Crippen LogP contribution in [0.15, 0.2) is 46.8 Å². The zero-order valence-electron chi connectivity index (χ0n) is 14.1. The normalized spacial score (nSPS) is 11.8. The number of aromatic amines is 1. The molecule has 3 aromatic rings. The van der Waals surface area contributed by atoms with Gasteiger partial charge in [0, 0.05) is 5.41 Å². The number of hydrogen-bond donors (Lipinski definition) is 2. The van der Waals surface area contributed by atoms with Crippen molar-refractivity contribution in [2.24, 2.45) is 10.2 Å². The van der Waals surface area contributed by atoms with Gasteiger partial charge in [0.25, 0.3) is 5.69 Å². The van der Waals surface area contributed by atoms with E-state index < -0.39 is 0 Å². The smallest absolute Gasteiger partial charge is 0.251 e. The third-order valence-electron chi connectivity index (χ3n) is 3.52. The number of para-hydroxylation sites is 1. The standard InChI is InChI=1S/C17H17N7O/c1-17(2,3)14-13(20-22-15-12(18-4)10-19-21-15)16(25)24(23-14)11-8-6-5-7-9-11/h5-10,25H,1-3H3,(H,19,21)/b22-20+. The first kappa shape index (κ1) is 16.4. The van der Waals surface area contributed by atoms with E-state index in [0.717, 1.165) is 5.69 Å². The van der Waals surface area contributed by atoms with Crippen LogP contribution < -0.4 is 0 Å². The predicted molar refractivity (Wildman–Crippen MR) is 93.0 cm³/mol. The summed E-state index contributed by atoms with van der Waals surface area (Å²) in [4.78, 5) is 3.31. The maximum absolute atomic E-state index is 10.6. The highest BCUT2D eigenvalue weighted by atomic mass is 16.3. The Bertz CT molecular complexity index is 955. The Morgan fingerprint density at radius 3 is 2.56 bits per heavy atom. The maximum Gasteiger partial charge on any atom is 0.251 e. The van der Waals surface area contributed by atoms with Crippen molar-refractivity contribution in [3.8, 4) is 11.6 Å². The zero-order chi connectivity index (χ0) is 18.0. The summed E-state index contributed by atoms with van der Waals surface area (Å²) in [6.07, 6.45) is 1.37. The summed E-state index contributed by atoms with van der Waals surface area (Å²) in [6, 6.07) is 9.29. The first-order valence-corrected chi connectivity index (χ1v) is 7.62. The molecular weight excluding hydrogens is 318 g/mol. The second-order valence-corrected chi connectivity index (χ2v) is 6.43. The predicted octanol–water partition coefficient (Wildman–Crippen LogP) is 4.56. The maximum atomic E-state index is 10.6. The van der Waals surface area contributed by atoms with Gasteiger partial charge in [0.05, 0.1) is 24.2 Å².